The Bertz CT molecular complexity index is 555. The van der Waals surface area contributed by atoms with Crippen LogP contribution in [0.25, 0.3) is 10.2 Å². The highest BCUT2D eigenvalue weighted by Gasteiger charge is 2.19. The molecule has 0 amide bonds. The van der Waals surface area contributed by atoms with Gasteiger partial charge in [0.25, 0.3) is 0 Å². The minimum absolute atomic E-state index is 0.0775. The summed E-state index contributed by atoms with van der Waals surface area (Å²) in [7, 11) is 0. The second kappa shape index (κ2) is 5.30. The van der Waals surface area contributed by atoms with Crippen molar-refractivity contribution in [2.45, 2.75) is 26.3 Å². The number of thiophene rings is 1. The maximum atomic E-state index is 10.9. The topological polar surface area (TPSA) is 66.3 Å². The summed E-state index contributed by atoms with van der Waals surface area (Å²) in [6.07, 6.45) is 2.59. The molecule has 2 rings (SSSR count). The van der Waals surface area contributed by atoms with E-state index >= 15 is 0 Å². The number of hydrogen-bond acceptors (Lipinski definition) is 5. The Morgan fingerprint density at radius 1 is 1.61 bits per heavy atom. The summed E-state index contributed by atoms with van der Waals surface area (Å²) >= 11 is 1.53. The van der Waals surface area contributed by atoms with Crippen LogP contribution in [0.3, 0.4) is 0 Å². The molecule has 0 aliphatic rings. The molecule has 1 unspecified atom stereocenters. The SMILES string of the molecule is CCC(C)N(CC(=O)O)c1ncc2ccsc2n1. The minimum atomic E-state index is -0.870. The lowest BCUT2D eigenvalue weighted by Crippen LogP contribution is -2.38. The molecule has 6 heteroatoms. The largest absolute Gasteiger partial charge is 0.480 e. The van der Waals surface area contributed by atoms with Crippen molar-refractivity contribution >= 4 is 33.5 Å². The van der Waals surface area contributed by atoms with Gasteiger partial charge >= 0.3 is 5.97 Å². The first-order valence-electron chi connectivity index (χ1n) is 5.80. The summed E-state index contributed by atoms with van der Waals surface area (Å²) in [4.78, 5) is 22.2. The van der Waals surface area contributed by atoms with Crippen molar-refractivity contribution in [3.63, 3.8) is 0 Å². The molecule has 2 aromatic heterocycles. The zero-order valence-corrected chi connectivity index (χ0v) is 11.1. The van der Waals surface area contributed by atoms with E-state index in [1.54, 1.807) is 11.1 Å². The van der Waals surface area contributed by atoms with Crippen LogP contribution in [0.15, 0.2) is 17.6 Å². The lowest BCUT2D eigenvalue weighted by molar-refractivity contribution is -0.135. The maximum absolute atomic E-state index is 10.9. The fourth-order valence-electron chi connectivity index (χ4n) is 1.68. The average Bonchev–Trinajstić information content (AvgIpc) is 2.81. The predicted molar refractivity (Wildman–Crippen MR) is 72.1 cm³/mol. The second-order valence-corrected chi connectivity index (χ2v) is 5.02. The molecule has 2 aromatic rings. The smallest absolute Gasteiger partial charge is 0.323 e. The van der Waals surface area contributed by atoms with Crippen molar-refractivity contribution < 1.29 is 9.90 Å². The first-order chi connectivity index (χ1) is 8.61. The Hall–Kier alpha value is -1.69. The van der Waals surface area contributed by atoms with Gasteiger partial charge in [-0.1, -0.05) is 6.92 Å². The van der Waals surface area contributed by atoms with E-state index in [-0.39, 0.29) is 12.6 Å². The van der Waals surface area contributed by atoms with Crippen molar-refractivity contribution in [3.05, 3.63) is 17.6 Å². The number of nitrogens with zero attached hydrogens (tertiary/aromatic N) is 3. The van der Waals surface area contributed by atoms with Gasteiger partial charge in [-0.15, -0.1) is 11.3 Å². The fourth-order valence-corrected chi connectivity index (χ4v) is 2.41. The van der Waals surface area contributed by atoms with Gasteiger partial charge < -0.3 is 10.0 Å². The van der Waals surface area contributed by atoms with Gasteiger partial charge in [0, 0.05) is 17.6 Å². The Labute approximate surface area is 109 Å². The first kappa shape index (κ1) is 12.8. The highest BCUT2D eigenvalue weighted by Crippen LogP contribution is 2.21. The zero-order valence-electron chi connectivity index (χ0n) is 10.3. The van der Waals surface area contributed by atoms with Gasteiger partial charge in [0.05, 0.1) is 0 Å². The molecule has 0 saturated heterocycles. The number of aromatic nitrogens is 2. The van der Waals surface area contributed by atoms with Gasteiger partial charge in [-0.25, -0.2) is 9.97 Å². The van der Waals surface area contributed by atoms with Crippen LogP contribution in [-0.4, -0.2) is 33.6 Å². The molecule has 96 valence electrons. The van der Waals surface area contributed by atoms with E-state index in [4.69, 9.17) is 5.11 Å². The predicted octanol–water partition coefficient (Wildman–Crippen LogP) is 2.38. The van der Waals surface area contributed by atoms with E-state index in [2.05, 4.69) is 9.97 Å². The number of carboxylic acid groups (broad SMARTS) is 1. The monoisotopic (exact) mass is 265 g/mol. The van der Waals surface area contributed by atoms with Gasteiger partial charge in [-0.3, -0.25) is 4.79 Å². The Morgan fingerprint density at radius 2 is 2.39 bits per heavy atom. The standard InChI is InChI=1S/C12H15N3O2S/c1-3-8(2)15(7-10(16)17)12-13-6-9-4-5-18-11(9)14-12/h4-6,8H,3,7H2,1-2H3,(H,16,17). The molecule has 18 heavy (non-hydrogen) atoms. The van der Waals surface area contributed by atoms with Crippen LogP contribution in [0.2, 0.25) is 0 Å². The van der Waals surface area contributed by atoms with Crippen LogP contribution < -0.4 is 4.90 Å². The van der Waals surface area contributed by atoms with Crippen LogP contribution in [0.5, 0.6) is 0 Å². The number of hydrogen-bond donors (Lipinski definition) is 1. The van der Waals surface area contributed by atoms with Crippen LogP contribution in [0.4, 0.5) is 5.95 Å². The van der Waals surface area contributed by atoms with Gasteiger partial charge in [0.2, 0.25) is 5.95 Å². The molecule has 0 aromatic carbocycles. The quantitative estimate of drug-likeness (QED) is 0.899. The molecular weight excluding hydrogens is 250 g/mol. The molecule has 2 heterocycles. The van der Waals surface area contributed by atoms with Gasteiger partial charge in [0.15, 0.2) is 0 Å². The Balaban J connectivity index is 2.36. The van der Waals surface area contributed by atoms with Crippen molar-refractivity contribution in [3.8, 4) is 0 Å². The summed E-state index contributed by atoms with van der Waals surface area (Å²) in [6.45, 7) is 3.92. The van der Waals surface area contributed by atoms with E-state index in [0.29, 0.717) is 5.95 Å². The summed E-state index contributed by atoms with van der Waals surface area (Å²) in [5, 5.41) is 11.9. The van der Waals surface area contributed by atoms with Crippen molar-refractivity contribution in [2.75, 3.05) is 11.4 Å². The second-order valence-electron chi connectivity index (χ2n) is 4.13. The highest BCUT2D eigenvalue weighted by atomic mass is 32.1. The maximum Gasteiger partial charge on any atom is 0.323 e. The number of carbonyl (C=O) groups is 1. The van der Waals surface area contributed by atoms with Gasteiger partial charge in [0.1, 0.15) is 11.4 Å². The van der Waals surface area contributed by atoms with E-state index in [0.717, 1.165) is 16.6 Å². The van der Waals surface area contributed by atoms with Crippen LogP contribution >= 0.6 is 11.3 Å². The molecule has 0 aliphatic carbocycles. The third kappa shape index (κ3) is 2.59. The lowest BCUT2D eigenvalue weighted by atomic mass is 10.2. The molecular formula is C12H15N3O2S. The number of anilines is 1. The molecule has 0 bridgehead atoms. The first-order valence-corrected chi connectivity index (χ1v) is 6.68. The third-order valence-electron chi connectivity index (χ3n) is 2.88. The van der Waals surface area contributed by atoms with Crippen LogP contribution in [-0.2, 0) is 4.79 Å². The average molecular weight is 265 g/mol. The number of aliphatic carboxylic acids is 1. The lowest BCUT2D eigenvalue weighted by Gasteiger charge is -2.26. The van der Waals surface area contributed by atoms with E-state index < -0.39 is 5.97 Å². The fraction of sp³-hybridized carbons (Fsp3) is 0.417. The molecule has 5 nitrogen and oxygen atoms in total. The summed E-state index contributed by atoms with van der Waals surface area (Å²) in [5.41, 5.74) is 0. The summed E-state index contributed by atoms with van der Waals surface area (Å²) < 4.78 is 0. The summed E-state index contributed by atoms with van der Waals surface area (Å²) in [6, 6.07) is 2.05. The van der Waals surface area contributed by atoms with Crippen LogP contribution in [0.1, 0.15) is 20.3 Å². The van der Waals surface area contributed by atoms with Crippen LogP contribution in [0, 0.1) is 0 Å². The zero-order chi connectivity index (χ0) is 13.1. The molecule has 1 N–H and O–H groups in total. The van der Waals surface area contributed by atoms with Crippen molar-refractivity contribution in [1.29, 1.82) is 0 Å². The molecule has 0 saturated carbocycles. The number of rotatable bonds is 5. The van der Waals surface area contributed by atoms with E-state index in [1.807, 2.05) is 25.3 Å². The van der Waals surface area contributed by atoms with E-state index in [1.165, 1.54) is 11.3 Å². The number of carboxylic acids is 1. The number of fused-ring (bicyclic) bond motifs is 1. The molecule has 0 fully saturated rings. The van der Waals surface area contributed by atoms with Crippen molar-refractivity contribution in [1.82, 2.24) is 9.97 Å². The van der Waals surface area contributed by atoms with Crippen molar-refractivity contribution in [2.24, 2.45) is 0 Å². The van der Waals surface area contributed by atoms with Gasteiger partial charge in [-0.05, 0) is 24.8 Å². The minimum Gasteiger partial charge on any atom is -0.480 e. The highest BCUT2D eigenvalue weighted by molar-refractivity contribution is 7.16. The van der Waals surface area contributed by atoms with Gasteiger partial charge in [-0.2, -0.15) is 0 Å². The Morgan fingerprint density at radius 3 is 3.06 bits per heavy atom. The summed E-state index contributed by atoms with van der Waals surface area (Å²) in [5.74, 6) is -0.383. The molecule has 0 spiro atoms. The Kier molecular flexibility index (Phi) is 3.76. The third-order valence-corrected chi connectivity index (χ3v) is 3.70. The molecule has 1 atom stereocenters. The van der Waals surface area contributed by atoms with E-state index in [9.17, 15) is 4.79 Å². The molecule has 0 radical (unpaired) electrons. The molecule has 0 aliphatic heterocycles. The normalized spacial score (nSPS) is 12.6.